The number of carbonyl (C=O) groups is 1. The first-order valence-corrected chi connectivity index (χ1v) is 5.43. The van der Waals surface area contributed by atoms with Gasteiger partial charge in [-0.3, -0.25) is 9.78 Å². The summed E-state index contributed by atoms with van der Waals surface area (Å²) < 4.78 is 0. The molecule has 0 saturated carbocycles. The average Bonchev–Trinajstić information content (AvgIpc) is 2.29. The van der Waals surface area contributed by atoms with Crippen LogP contribution in [-0.2, 0) is 11.3 Å². The maximum Gasteiger partial charge on any atom is 0.226 e. The Morgan fingerprint density at radius 3 is 2.44 bits per heavy atom. The van der Waals surface area contributed by atoms with Crippen molar-refractivity contribution in [3.8, 4) is 0 Å². The fourth-order valence-electron chi connectivity index (χ4n) is 1.61. The molecule has 1 rings (SSSR count). The molecule has 18 heavy (non-hydrogen) atoms. The number of halogens is 2. The molecule has 1 heterocycles. The number of hydrogen-bond donors (Lipinski definition) is 1. The van der Waals surface area contributed by atoms with Crippen LogP contribution in [0.2, 0.25) is 0 Å². The van der Waals surface area contributed by atoms with E-state index >= 15 is 0 Å². The van der Waals surface area contributed by atoms with Crippen LogP contribution in [0.4, 0.5) is 0 Å². The van der Waals surface area contributed by atoms with Crippen molar-refractivity contribution in [2.45, 2.75) is 13.5 Å². The smallest absolute Gasteiger partial charge is 0.226 e. The molecule has 1 aromatic heterocycles. The average molecular weight is 294 g/mol. The minimum atomic E-state index is 0. The highest BCUT2D eigenvalue weighted by molar-refractivity contribution is 5.85. The maximum absolute atomic E-state index is 11.9. The molecule has 0 aliphatic rings. The van der Waals surface area contributed by atoms with Crippen LogP contribution < -0.4 is 5.32 Å². The number of nitrogens with zero attached hydrogens (tertiary/aromatic N) is 2. The second-order valence-electron chi connectivity index (χ2n) is 4.01. The Morgan fingerprint density at radius 2 is 1.94 bits per heavy atom. The number of pyridine rings is 1. The van der Waals surface area contributed by atoms with E-state index in [0.29, 0.717) is 13.1 Å². The summed E-state index contributed by atoms with van der Waals surface area (Å²) in [5.41, 5.74) is 1.10. The van der Waals surface area contributed by atoms with Crippen LogP contribution in [0.25, 0.3) is 0 Å². The van der Waals surface area contributed by atoms with Crippen LogP contribution in [0, 0.1) is 5.92 Å². The number of hydrogen-bond acceptors (Lipinski definition) is 3. The van der Waals surface area contributed by atoms with Crippen LogP contribution in [0.5, 0.6) is 0 Å². The molecule has 104 valence electrons. The predicted molar refractivity (Wildman–Crippen MR) is 78.3 cm³/mol. The van der Waals surface area contributed by atoms with Crippen molar-refractivity contribution in [2.24, 2.45) is 5.92 Å². The molecule has 0 saturated heterocycles. The zero-order chi connectivity index (χ0) is 12.0. The lowest BCUT2D eigenvalue weighted by Crippen LogP contribution is -2.35. The quantitative estimate of drug-likeness (QED) is 0.899. The van der Waals surface area contributed by atoms with Gasteiger partial charge in [-0.05, 0) is 24.7 Å². The van der Waals surface area contributed by atoms with Gasteiger partial charge < -0.3 is 10.2 Å². The lowest BCUT2D eigenvalue weighted by Gasteiger charge is -2.21. The van der Waals surface area contributed by atoms with E-state index < -0.39 is 0 Å². The van der Waals surface area contributed by atoms with Gasteiger partial charge in [-0.2, -0.15) is 0 Å². The van der Waals surface area contributed by atoms with Crippen LogP contribution in [0.3, 0.4) is 0 Å². The Kier molecular flexibility index (Phi) is 11.0. The van der Waals surface area contributed by atoms with Crippen molar-refractivity contribution in [1.29, 1.82) is 0 Å². The van der Waals surface area contributed by atoms with E-state index in [9.17, 15) is 4.79 Å². The summed E-state index contributed by atoms with van der Waals surface area (Å²) in [5.74, 6) is 0.169. The van der Waals surface area contributed by atoms with Gasteiger partial charge in [-0.1, -0.05) is 6.92 Å². The molecule has 1 atom stereocenters. The summed E-state index contributed by atoms with van der Waals surface area (Å²) in [4.78, 5) is 17.6. The first kappa shape index (κ1) is 19.5. The molecule has 0 bridgehead atoms. The molecule has 1 aromatic rings. The molecule has 0 spiro atoms. The van der Waals surface area contributed by atoms with E-state index in [-0.39, 0.29) is 36.6 Å². The predicted octanol–water partition coefficient (Wildman–Crippen LogP) is 1.74. The van der Waals surface area contributed by atoms with E-state index in [1.54, 1.807) is 17.3 Å². The second-order valence-corrected chi connectivity index (χ2v) is 4.01. The van der Waals surface area contributed by atoms with Crippen LogP contribution in [0.15, 0.2) is 24.5 Å². The molecule has 1 amide bonds. The second kappa shape index (κ2) is 10.1. The fraction of sp³-hybridized carbons (Fsp3) is 0.500. The number of rotatable bonds is 5. The molecule has 0 aliphatic carbocycles. The largest absolute Gasteiger partial charge is 0.341 e. The van der Waals surface area contributed by atoms with Gasteiger partial charge >= 0.3 is 0 Å². The molecule has 4 nitrogen and oxygen atoms in total. The third-order valence-electron chi connectivity index (χ3n) is 2.48. The van der Waals surface area contributed by atoms with E-state index in [2.05, 4.69) is 10.3 Å². The number of amides is 1. The first-order chi connectivity index (χ1) is 7.65. The molecular formula is C12H21Cl2N3O. The van der Waals surface area contributed by atoms with Crippen LogP contribution in [-0.4, -0.2) is 36.4 Å². The van der Waals surface area contributed by atoms with Gasteiger partial charge in [0.05, 0.1) is 0 Å². The fourth-order valence-corrected chi connectivity index (χ4v) is 1.61. The standard InChI is InChI=1S/C12H19N3O.2ClH/c1-10(8-13-2)12(16)15(3)9-11-4-6-14-7-5-11;;/h4-7,10,13H,8-9H2,1-3H3;2*1H. The minimum Gasteiger partial charge on any atom is -0.341 e. The molecule has 1 unspecified atom stereocenters. The monoisotopic (exact) mass is 293 g/mol. The third-order valence-corrected chi connectivity index (χ3v) is 2.48. The van der Waals surface area contributed by atoms with Gasteiger partial charge in [0.1, 0.15) is 0 Å². The van der Waals surface area contributed by atoms with Crippen molar-refractivity contribution in [1.82, 2.24) is 15.2 Å². The van der Waals surface area contributed by atoms with Crippen molar-refractivity contribution in [3.05, 3.63) is 30.1 Å². The molecule has 6 heteroatoms. The van der Waals surface area contributed by atoms with E-state index in [4.69, 9.17) is 0 Å². The highest BCUT2D eigenvalue weighted by Gasteiger charge is 2.16. The minimum absolute atomic E-state index is 0. The van der Waals surface area contributed by atoms with Crippen LogP contribution in [0.1, 0.15) is 12.5 Å². The molecular weight excluding hydrogens is 273 g/mol. The van der Waals surface area contributed by atoms with E-state index in [0.717, 1.165) is 5.56 Å². The Bertz CT molecular complexity index is 335. The molecule has 0 fully saturated rings. The van der Waals surface area contributed by atoms with Gasteiger partial charge in [0, 0.05) is 38.4 Å². The number of carbonyl (C=O) groups excluding carboxylic acids is 1. The Labute approximate surface area is 121 Å². The van der Waals surface area contributed by atoms with E-state index in [1.165, 1.54) is 0 Å². The Morgan fingerprint density at radius 1 is 1.39 bits per heavy atom. The van der Waals surface area contributed by atoms with Crippen molar-refractivity contribution < 1.29 is 4.79 Å². The van der Waals surface area contributed by atoms with Gasteiger partial charge in [0.15, 0.2) is 0 Å². The zero-order valence-electron chi connectivity index (χ0n) is 10.9. The molecule has 0 aromatic carbocycles. The number of aromatic nitrogens is 1. The Hall–Kier alpha value is -0.840. The summed E-state index contributed by atoms with van der Waals surface area (Å²) in [5, 5.41) is 3.01. The Balaban J connectivity index is 0. The van der Waals surface area contributed by atoms with Crippen LogP contribution >= 0.6 is 24.8 Å². The molecule has 0 radical (unpaired) electrons. The third kappa shape index (κ3) is 6.19. The first-order valence-electron chi connectivity index (χ1n) is 5.43. The summed E-state index contributed by atoms with van der Waals surface area (Å²) in [6, 6.07) is 3.85. The summed E-state index contributed by atoms with van der Waals surface area (Å²) in [6.07, 6.45) is 3.48. The summed E-state index contributed by atoms with van der Waals surface area (Å²) in [7, 11) is 3.68. The lowest BCUT2D eigenvalue weighted by atomic mass is 10.1. The highest BCUT2D eigenvalue weighted by Crippen LogP contribution is 2.05. The van der Waals surface area contributed by atoms with Crippen molar-refractivity contribution >= 4 is 30.7 Å². The normalized spacial score (nSPS) is 10.8. The zero-order valence-corrected chi connectivity index (χ0v) is 12.6. The van der Waals surface area contributed by atoms with E-state index in [1.807, 2.05) is 33.2 Å². The van der Waals surface area contributed by atoms with Gasteiger partial charge in [-0.25, -0.2) is 0 Å². The van der Waals surface area contributed by atoms with Gasteiger partial charge in [0.25, 0.3) is 0 Å². The number of nitrogens with one attached hydrogen (secondary N) is 1. The summed E-state index contributed by atoms with van der Waals surface area (Å²) in [6.45, 7) is 3.27. The van der Waals surface area contributed by atoms with Gasteiger partial charge in [0.2, 0.25) is 5.91 Å². The SMILES string of the molecule is CNCC(C)C(=O)N(C)Cc1ccncc1.Cl.Cl. The lowest BCUT2D eigenvalue weighted by molar-refractivity contribution is -0.134. The molecule has 1 N–H and O–H groups in total. The van der Waals surface area contributed by atoms with Crippen molar-refractivity contribution in [2.75, 3.05) is 20.6 Å². The van der Waals surface area contributed by atoms with Gasteiger partial charge in [-0.15, -0.1) is 24.8 Å². The summed E-state index contributed by atoms with van der Waals surface area (Å²) >= 11 is 0. The van der Waals surface area contributed by atoms with Crippen molar-refractivity contribution in [3.63, 3.8) is 0 Å². The topological polar surface area (TPSA) is 45.2 Å². The molecule has 0 aliphatic heterocycles. The maximum atomic E-state index is 11.9. The highest BCUT2D eigenvalue weighted by atomic mass is 35.5.